The maximum atomic E-state index is 9.25. The molecule has 132 valence electrons. The van der Waals surface area contributed by atoms with Gasteiger partial charge in [0.15, 0.2) is 17.0 Å². The number of hydrogen-bond acceptors (Lipinski definition) is 6. The van der Waals surface area contributed by atoms with E-state index in [0.717, 1.165) is 30.4 Å². The summed E-state index contributed by atoms with van der Waals surface area (Å²) in [7, 11) is 0. The molecule has 0 atom stereocenters. The minimum absolute atomic E-state index is 0.0457. The number of anilines is 1. The minimum atomic E-state index is 0.0457. The molecule has 3 rings (SSSR count). The number of aromatic nitrogens is 4. The van der Waals surface area contributed by atoms with Crippen molar-refractivity contribution in [2.24, 2.45) is 0 Å². The molecule has 0 fully saturated rings. The Labute approximate surface area is 146 Å². The molecule has 0 bridgehead atoms. The molecule has 3 N–H and O–H groups in total. The molecule has 0 amide bonds. The number of aliphatic hydroxyl groups is 1. The standard InChI is InChI=1S/C18H23N5O2/c1-2-3-9-25-18-21-16(19)15-17(22-18)23(12-20-15)8-7-13-5-4-6-14(10-13)11-24/h4-6,10,12,24H,2-3,7-9,11H2,1H3,(H2,19,21,22). The van der Waals surface area contributed by atoms with Crippen LogP contribution in [0.3, 0.4) is 0 Å². The Morgan fingerprint density at radius 3 is 2.88 bits per heavy atom. The van der Waals surface area contributed by atoms with E-state index in [1.165, 1.54) is 0 Å². The number of ether oxygens (including phenoxy) is 1. The van der Waals surface area contributed by atoms with Gasteiger partial charge in [0.05, 0.1) is 19.5 Å². The quantitative estimate of drug-likeness (QED) is 0.610. The van der Waals surface area contributed by atoms with Gasteiger partial charge in [-0.25, -0.2) is 4.98 Å². The number of hydrogen-bond donors (Lipinski definition) is 2. The number of nitrogen functional groups attached to an aromatic ring is 1. The molecular formula is C18H23N5O2. The first kappa shape index (κ1) is 17.2. The number of benzene rings is 1. The third-order valence-corrected chi connectivity index (χ3v) is 4.01. The summed E-state index contributed by atoms with van der Waals surface area (Å²) in [6, 6.07) is 8.20. The first-order chi connectivity index (χ1) is 12.2. The highest BCUT2D eigenvalue weighted by Gasteiger charge is 2.12. The van der Waals surface area contributed by atoms with Crippen molar-refractivity contribution in [2.45, 2.75) is 39.3 Å². The normalized spacial score (nSPS) is 11.1. The van der Waals surface area contributed by atoms with Gasteiger partial charge in [0.2, 0.25) is 0 Å². The highest BCUT2D eigenvalue weighted by atomic mass is 16.5. The second kappa shape index (κ2) is 7.94. The Hall–Kier alpha value is -2.67. The van der Waals surface area contributed by atoms with Gasteiger partial charge in [-0.3, -0.25) is 0 Å². The molecule has 3 aromatic rings. The summed E-state index contributed by atoms with van der Waals surface area (Å²) in [6.45, 7) is 3.42. The van der Waals surface area contributed by atoms with Crippen molar-refractivity contribution in [1.29, 1.82) is 0 Å². The number of unbranched alkanes of at least 4 members (excludes halogenated alkanes) is 1. The maximum Gasteiger partial charge on any atom is 0.320 e. The van der Waals surface area contributed by atoms with Crippen LogP contribution in [0.5, 0.6) is 6.01 Å². The van der Waals surface area contributed by atoms with Crippen molar-refractivity contribution in [3.63, 3.8) is 0 Å². The molecule has 0 aliphatic rings. The van der Waals surface area contributed by atoms with Gasteiger partial charge in [0.1, 0.15) is 0 Å². The Morgan fingerprint density at radius 1 is 1.24 bits per heavy atom. The molecule has 7 nitrogen and oxygen atoms in total. The topological polar surface area (TPSA) is 99.1 Å². The van der Waals surface area contributed by atoms with E-state index in [2.05, 4.69) is 21.9 Å². The van der Waals surface area contributed by atoms with Gasteiger partial charge in [0, 0.05) is 6.54 Å². The summed E-state index contributed by atoms with van der Waals surface area (Å²) in [5.41, 5.74) is 9.31. The third kappa shape index (κ3) is 4.06. The van der Waals surface area contributed by atoms with Crippen LogP contribution in [0.15, 0.2) is 30.6 Å². The fourth-order valence-electron chi connectivity index (χ4n) is 2.61. The number of imidazole rings is 1. The van der Waals surface area contributed by atoms with Crippen LogP contribution in [0.4, 0.5) is 5.82 Å². The van der Waals surface area contributed by atoms with Crippen molar-refractivity contribution >= 4 is 17.0 Å². The number of fused-ring (bicyclic) bond motifs is 1. The zero-order chi connectivity index (χ0) is 17.6. The van der Waals surface area contributed by atoms with Crippen molar-refractivity contribution in [1.82, 2.24) is 19.5 Å². The van der Waals surface area contributed by atoms with E-state index in [0.29, 0.717) is 36.1 Å². The number of rotatable bonds is 8. The number of aliphatic hydroxyl groups excluding tert-OH is 1. The third-order valence-electron chi connectivity index (χ3n) is 4.01. The van der Waals surface area contributed by atoms with Crippen LogP contribution in [-0.2, 0) is 19.6 Å². The second-order valence-corrected chi connectivity index (χ2v) is 5.93. The molecule has 0 saturated carbocycles. The van der Waals surface area contributed by atoms with E-state index in [9.17, 15) is 5.11 Å². The van der Waals surface area contributed by atoms with Crippen LogP contribution in [0.25, 0.3) is 11.2 Å². The highest BCUT2D eigenvalue weighted by Crippen LogP contribution is 2.20. The molecule has 2 heterocycles. The second-order valence-electron chi connectivity index (χ2n) is 5.93. The monoisotopic (exact) mass is 341 g/mol. The Balaban J connectivity index is 1.78. The molecule has 0 saturated heterocycles. The number of nitrogens with two attached hydrogens (primary N) is 1. The van der Waals surface area contributed by atoms with Gasteiger partial charge in [-0.15, -0.1) is 0 Å². The SMILES string of the molecule is CCCCOc1nc(N)c2ncn(CCc3cccc(CO)c3)c2n1. The van der Waals surface area contributed by atoms with Gasteiger partial charge >= 0.3 is 6.01 Å². The van der Waals surface area contributed by atoms with E-state index in [4.69, 9.17) is 10.5 Å². The molecule has 7 heteroatoms. The van der Waals surface area contributed by atoms with Gasteiger partial charge < -0.3 is 20.1 Å². The van der Waals surface area contributed by atoms with E-state index < -0.39 is 0 Å². The molecule has 2 aromatic heterocycles. The fourth-order valence-corrected chi connectivity index (χ4v) is 2.61. The zero-order valence-corrected chi connectivity index (χ0v) is 14.4. The molecule has 1 aromatic carbocycles. The van der Waals surface area contributed by atoms with Gasteiger partial charge in [-0.05, 0) is 24.0 Å². The molecule has 0 unspecified atom stereocenters. The van der Waals surface area contributed by atoms with Gasteiger partial charge in [-0.1, -0.05) is 37.6 Å². The number of aryl methyl sites for hydroxylation is 2. The summed E-state index contributed by atoms with van der Waals surface area (Å²) in [6.07, 6.45) is 4.51. The summed E-state index contributed by atoms with van der Waals surface area (Å²) in [4.78, 5) is 12.9. The minimum Gasteiger partial charge on any atom is -0.463 e. The van der Waals surface area contributed by atoms with Crippen LogP contribution < -0.4 is 10.5 Å². The van der Waals surface area contributed by atoms with E-state index in [-0.39, 0.29) is 6.61 Å². The molecule has 0 radical (unpaired) electrons. The molecule has 0 spiro atoms. The lowest BCUT2D eigenvalue weighted by Gasteiger charge is -2.07. The molecule has 25 heavy (non-hydrogen) atoms. The predicted octanol–water partition coefficient (Wildman–Crippen LogP) is 2.32. The Kier molecular flexibility index (Phi) is 5.45. The predicted molar refractivity (Wildman–Crippen MR) is 96.2 cm³/mol. The Morgan fingerprint density at radius 2 is 2.08 bits per heavy atom. The lowest BCUT2D eigenvalue weighted by molar-refractivity contribution is 0.281. The van der Waals surface area contributed by atoms with Gasteiger partial charge in [-0.2, -0.15) is 9.97 Å². The van der Waals surface area contributed by atoms with Crippen molar-refractivity contribution in [3.05, 3.63) is 41.7 Å². The maximum absolute atomic E-state index is 9.25. The van der Waals surface area contributed by atoms with E-state index >= 15 is 0 Å². The summed E-state index contributed by atoms with van der Waals surface area (Å²) < 4.78 is 7.53. The average molecular weight is 341 g/mol. The smallest absolute Gasteiger partial charge is 0.320 e. The van der Waals surface area contributed by atoms with Crippen molar-refractivity contribution in [2.75, 3.05) is 12.3 Å². The molecular weight excluding hydrogens is 318 g/mol. The highest BCUT2D eigenvalue weighted by molar-refractivity contribution is 5.81. The van der Waals surface area contributed by atoms with Crippen molar-refractivity contribution in [3.8, 4) is 6.01 Å². The zero-order valence-electron chi connectivity index (χ0n) is 14.4. The first-order valence-electron chi connectivity index (χ1n) is 8.51. The largest absolute Gasteiger partial charge is 0.463 e. The summed E-state index contributed by atoms with van der Waals surface area (Å²) in [5.74, 6) is 0.331. The molecule has 0 aliphatic carbocycles. The first-order valence-corrected chi connectivity index (χ1v) is 8.51. The van der Waals surface area contributed by atoms with E-state index in [1.54, 1.807) is 6.33 Å². The number of nitrogens with zero attached hydrogens (tertiary/aromatic N) is 4. The van der Waals surface area contributed by atoms with Crippen LogP contribution in [0, 0.1) is 0 Å². The lowest BCUT2D eigenvalue weighted by atomic mass is 10.1. The molecule has 0 aliphatic heterocycles. The average Bonchev–Trinajstić information content (AvgIpc) is 3.04. The lowest BCUT2D eigenvalue weighted by Crippen LogP contribution is -2.06. The van der Waals surface area contributed by atoms with Crippen LogP contribution in [-0.4, -0.2) is 31.2 Å². The van der Waals surface area contributed by atoms with Crippen LogP contribution in [0.1, 0.15) is 30.9 Å². The Bertz CT molecular complexity index is 847. The summed E-state index contributed by atoms with van der Waals surface area (Å²) >= 11 is 0. The fraction of sp³-hybridized carbons (Fsp3) is 0.389. The van der Waals surface area contributed by atoms with E-state index in [1.807, 2.05) is 28.8 Å². The summed E-state index contributed by atoms with van der Waals surface area (Å²) in [5, 5.41) is 9.25. The van der Waals surface area contributed by atoms with Crippen LogP contribution in [0.2, 0.25) is 0 Å². The van der Waals surface area contributed by atoms with Gasteiger partial charge in [0.25, 0.3) is 0 Å². The van der Waals surface area contributed by atoms with Crippen molar-refractivity contribution < 1.29 is 9.84 Å². The van der Waals surface area contributed by atoms with Crippen LogP contribution >= 0.6 is 0 Å².